The van der Waals surface area contributed by atoms with Crippen LogP contribution in [0.15, 0.2) is 12.4 Å². The van der Waals surface area contributed by atoms with Crippen molar-refractivity contribution in [2.24, 2.45) is 7.05 Å². The summed E-state index contributed by atoms with van der Waals surface area (Å²) in [6.45, 7) is 0.533. The monoisotopic (exact) mass is 253 g/mol. The number of amides is 1. The number of hydrogen-bond acceptors (Lipinski definition) is 3. The van der Waals surface area contributed by atoms with Crippen LogP contribution in [-0.2, 0) is 23.2 Å². The van der Waals surface area contributed by atoms with E-state index >= 15 is 0 Å². The first-order valence-corrected chi connectivity index (χ1v) is 5.92. The molecule has 0 saturated heterocycles. The Morgan fingerprint density at radius 3 is 2.61 bits per heavy atom. The quantitative estimate of drug-likeness (QED) is 0.736. The molecule has 0 radical (unpaired) electrons. The first-order chi connectivity index (χ1) is 8.49. The Morgan fingerprint density at radius 1 is 1.39 bits per heavy atom. The fraction of sp³-hybridized carbons (Fsp3) is 0.583. The summed E-state index contributed by atoms with van der Waals surface area (Å²) >= 11 is 0. The molecule has 0 atom stereocenters. The maximum Gasteiger partial charge on any atom is 0.303 e. The molecule has 0 aliphatic carbocycles. The summed E-state index contributed by atoms with van der Waals surface area (Å²) in [5, 5.41) is 12.5. The molecule has 18 heavy (non-hydrogen) atoms. The van der Waals surface area contributed by atoms with Gasteiger partial charge in [0.25, 0.3) is 0 Å². The summed E-state index contributed by atoms with van der Waals surface area (Å²) < 4.78 is 1.69. The lowest BCUT2D eigenvalue weighted by Gasteiger charge is -2.15. The lowest BCUT2D eigenvalue weighted by atomic mass is 10.2. The molecule has 0 aliphatic heterocycles. The molecule has 0 unspecified atom stereocenters. The summed E-state index contributed by atoms with van der Waals surface area (Å²) in [6, 6.07) is 0. The topological polar surface area (TPSA) is 75.4 Å². The number of hydrogen-bond donors (Lipinski definition) is 1. The number of carbonyl (C=O) groups excluding carboxylic acids is 1. The van der Waals surface area contributed by atoms with Crippen LogP contribution >= 0.6 is 0 Å². The van der Waals surface area contributed by atoms with Crippen LogP contribution in [0.25, 0.3) is 0 Å². The van der Waals surface area contributed by atoms with Gasteiger partial charge in [-0.1, -0.05) is 0 Å². The van der Waals surface area contributed by atoms with Crippen molar-refractivity contribution < 1.29 is 14.7 Å². The van der Waals surface area contributed by atoms with Crippen molar-refractivity contribution in [1.82, 2.24) is 14.7 Å². The van der Waals surface area contributed by atoms with Gasteiger partial charge >= 0.3 is 5.97 Å². The highest BCUT2D eigenvalue weighted by Crippen LogP contribution is 2.06. The van der Waals surface area contributed by atoms with E-state index in [1.807, 2.05) is 13.2 Å². The molecule has 0 aliphatic rings. The van der Waals surface area contributed by atoms with Crippen molar-refractivity contribution >= 4 is 11.9 Å². The standard InChI is InChI=1S/C12H19N3O3/c1-14(8-10-7-13-15(2)9-10)11(16)5-3-4-6-12(17)18/h7,9H,3-6,8H2,1-2H3,(H,17,18). The highest BCUT2D eigenvalue weighted by molar-refractivity contribution is 5.75. The minimum Gasteiger partial charge on any atom is -0.481 e. The predicted molar refractivity (Wildman–Crippen MR) is 65.8 cm³/mol. The Kier molecular flexibility index (Phi) is 5.35. The van der Waals surface area contributed by atoms with Crippen LogP contribution in [0.2, 0.25) is 0 Å². The number of nitrogens with zero attached hydrogens (tertiary/aromatic N) is 3. The van der Waals surface area contributed by atoms with Gasteiger partial charge < -0.3 is 10.0 Å². The van der Waals surface area contributed by atoms with E-state index in [4.69, 9.17) is 5.11 Å². The normalized spacial score (nSPS) is 10.3. The van der Waals surface area contributed by atoms with Crippen LogP contribution in [0.4, 0.5) is 0 Å². The van der Waals surface area contributed by atoms with Gasteiger partial charge in [-0.15, -0.1) is 0 Å². The summed E-state index contributed by atoms with van der Waals surface area (Å²) in [5.74, 6) is -0.782. The Balaban J connectivity index is 2.26. The number of rotatable bonds is 7. The van der Waals surface area contributed by atoms with E-state index in [-0.39, 0.29) is 12.3 Å². The van der Waals surface area contributed by atoms with Gasteiger partial charge in [-0.05, 0) is 12.8 Å². The predicted octanol–water partition coefficient (Wildman–Crippen LogP) is 1.02. The number of unbranched alkanes of at least 4 members (excludes halogenated alkanes) is 1. The average Bonchev–Trinajstić information content (AvgIpc) is 2.69. The van der Waals surface area contributed by atoms with Crippen molar-refractivity contribution in [3.63, 3.8) is 0 Å². The van der Waals surface area contributed by atoms with Crippen molar-refractivity contribution in [1.29, 1.82) is 0 Å². The molecular weight excluding hydrogens is 234 g/mol. The van der Waals surface area contributed by atoms with Crippen LogP contribution in [0.3, 0.4) is 0 Å². The smallest absolute Gasteiger partial charge is 0.303 e. The van der Waals surface area contributed by atoms with Gasteiger partial charge in [0, 0.05) is 45.2 Å². The zero-order chi connectivity index (χ0) is 13.5. The molecule has 100 valence electrons. The maximum absolute atomic E-state index is 11.8. The molecular formula is C12H19N3O3. The van der Waals surface area contributed by atoms with Gasteiger partial charge in [-0.2, -0.15) is 5.10 Å². The molecule has 1 N–H and O–H groups in total. The first-order valence-electron chi connectivity index (χ1n) is 5.92. The van der Waals surface area contributed by atoms with Crippen molar-refractivity contribution in [2.45, 2.75) is 32.2 Å². The van der Waals surface area contributed by atoms with Gasteiger partial charge in [0.1, 0.15) is 0 Å². The number of aliphatic carboxylic acids is 1. The van der Waals surface area contributed by atoms with Gasteiger partial charge in [-0.3, -0.25) is 14.3 Å². The van der Waals surface area contributed by atoms with E-state index < -0.39 is 5.97 Å². The molecule has 1 rings (SSSR count). The van der Waals surface area contributed by atoms with Crippen LogP contribution < -0.4 is 0 Å². The second-order valence-electron chi connectivity index (χ2n) is 4.37. The molecule has 0 aromatic carbocycles. The Hall–Kier alpha value is -1.85. The van der Waals surface area contributed by atoms with Gasteiger partial charge in [0.05, 0.1) is 6.20 Å². The fourth-order valence-corrected chi connectivity index (χ4v) is 1.66. The van der Waals surface area contributed by atoms with E-state index in [1.165, 1.54) is 0 Å². The largest absolute Gasteiger partial charge is 0.481 e. The van der Waals surface area contributed by atoms with E-state index in [0.29, 0.717) is 25.8 Å². The molecule has 1 heterocycles. The maximum atomic E-state index is 11.8. The van der Waals surface area contributed by atoms with Crippen molar-refractivity contribution in [3.8, 4) is 0 Å². The summed E-state index contributed by atoms with van der Waals surface area (Å²) in [4.78, 5) is 23.7. The molecule has 1 aromatic heterocycles. The average molecular weight is 253 g/mol. The van der Waals surface area contributed by atoms with Crippen molar-refractivity contribution in [3.05, 3.63) is 18.0 Å². The number of carboxylic acids is 1. The number of aromatic nitrogens is 2. The van der Waals surface area contributed by atoms with Gasteiger partial charge in [0.2, 0.25) is 5.91 Å². The van der Waals surface area contributed by atoms with Crippen LogP contribution in [0.1, 0.15) is 31.2 Å². The van der Waals surface area contributed by atoms with E-state index in [2.05, 4.69) is 5.10 Å². The Labute approximate surface area is 106 Å². The minimum atomic E-state index is -0.814. The highest BCUT2D eigenvalue weighted by Gasteiger charge is 2.10. The van der Waals surface area contributed by atoms with E-state index in [0.717, 1.165) is 5.56 Å². The third-order valence-corrected chi connectivity index (χ3v) is 2.64. The second kappa shape index (κ2) is 6.78. The summed E-state index contributed by atoms with van der Waals surface area (Å²) in [6.07, 6.45) is 5.27. The Morgan fingerprint density at radius 2 is 2.06 bits per heavy atom. The van der Waals surface area contributed by atoms with Crippen LogP contribution in [0, 0.1) is 0 Å². The zero-order valence-corrected chi connectivity index (χ0v) is 10.8. The molecule has 0 saturated carbocycles. The fourth-order valence-electron chi connectivity index (χ4n) is 1.66. The van der Waals surface area contributed by atoms with Crippen LogP contribution in [0.5, 0.6) is 0 Å². The third kappa shape index (κ3) is 4.99. The molecule has 1 aromatic rings. The lowest BCUT2D eigenvalue weighted by Crippen LogP contribution is -2.25. The number of carboxylic acid groups (broad SMARTS) is 1. The molecule has 0 spiro atoms. The van der Waals surface area contributed by atoms with E-state index in [1.54, 1.807) is 22.8 Å². The van der Waals surface area contributed by atoms with Gasteiger partial charge in [-0.25, -0.2) is 0 Å². The zero-order valence-electron chi connectivity index (χ0n) is 10.8. The molecule has 6 nitrogen and oxygen atoms in total. The summed E-state index contributed by atoms with van der Waals surface area (Å²) in [7, 11) is 3.57. The second-order valence-corrected chi connectivity index (χ2v) is 4.37. The molecule has 0 fully saturated rings. The molecule has 1 amide bonds. The first kappa shape index (κ1) is 14.2. The molecule has 0 bridgehead atoms. The highest BCUT2D eigenvalue weighted by atomic mass is 16.4. The SMILES string of the molecule is CN(Cc1cnn(C)c1)C(=O)CCCCC(=O)O. The number of aryl methyl sites for hydroxylation is 1. The minimum absolute atomic E-state index is 0.0317. The van der Waals surface area contributed by atoms with Gasteiger partial charge in [0.15, 0.2) is 0 Å². The van der Waals surface area contributed by atoms with E-state index in [9.17, 15) is 9.59 Å². The number of carbonyl (C=O) groups is 2. The summed E-state index contributed by atoms with van der Waals surface area (Å²) in [5.41, 5.74) is 0.985. The lowest BCUT2D eigenvalue weighted by molar-refractivity contribution is -0.137. The molecule has 6 heteroatoms. The van der Waals surface area contributed by atoms with Crippen LogP contribution in [-0.4, -0.2) is 38.7 Å². The Bertz CT molecular complexity index is 414. The van der Waals surface area contributed by atoms with Crippen molar-refractivity contribution in [2.75, 3.05) is 7.05 Å². The third-order valence-electron chi connectivity index (χ3n) is 2.64.